The molecular formula is C15H22N2O4S. The first-order chi connectivity index (χ1) is 10.4. The van der Waals surface area contributed by atoms with Gasteiger partial charge in [0.05, 0.1) is 11.5 Å². The van der Waals surface area contributed by atoms with Crippen molar-refractivity contribution in [3.63, 3.8) is 0 Å². The van der Waals surface area contributed by atoms with Gasteiger partial charge in [-0.1, -0.05) is 6.07 Å². The van der Waals surface area contributed by atoms with Crippen molar-refractivity contribution in [1.29, 1.82) is 0 Å². The van der Waals surface area contributed by atoms with Gasteiger partial charge in [0.2, 0.25) is 10.0 Å². The third kappa shape index (κ3) is 3.98. The van der Waals surface area contributed by atoms with Gasteiger partial charge in [-0.05, 0) is 43.9 Å². The van der Waals surface area contributed by atoms with Crippen molar-refractivity contribution < 1.29 is 17.9 Å². The van der Waals surface area contributed by atoms with Crippen molar-refractivity contribution in [2.24, 2.45) is 5.14 Å². The van der Waals surface area contributed by atoms with Gasteiger partial charge >= 0.3 is 5.97 Å². The molecule has 0 fully saturated rings. The molecule has 0 aliphatic carbocycles. The summed E-state index contributed by atoms with van der Waals surface area (Å²) >= 11 is 0. The van der Waals surface area contributed by atoms with E-state index in [0.29, 0.717) is 32.4 Å². The minimum absolute atomic E-state index is 0.196. The first-order valence-electron chi connectivity index (χ1n) is 7.48. The van der Waals surface area contributed by atoms with E-state index in [-0.39, 0.29) is 10.9 Å². The SMILES string of the molecule is CCOC(=O)CCCN1CCCc2c1cccc2S(N)(=O)=O. The molecule has 0 amide bonds. The highest BCUT2D eigenvalue weighted by molar-refractivity contribution is 7.89. The molecule has 0 unspecified atom stereocenters. The number of anilines is 1. The number of nitrogens with zero attached hydrogens (tertiary/aromatic N) is 1. The van der Waals surface area contributed by atoms with Gasteiger partial charge in [-0.3, -0.25) is 4.79 Å². The molecule has 0 saturated heterocycles. The van der Waals surface area contributed by atoms with Crippen LogP contribution in [-0.4, -0.2) is 34.1 Å². The van der Waals surface area contributed by atoms with Gasteiger partial charge < -0.3 is 9.64 Å². The Bertz CT molecular complexity index is 643. The lowest BCUT2D eigenvalue weighted by atomic mass is 10.0. The Balaban J connectivity index is 2.11. The summed E-state index contributed by atoms with van der Waals surface area (Å²) in [6.45, 7) is 3.72. The minimum atomic E-state index is -3.71. The zero-order valence-corrected chi connectivity index (χ0v) is 13.6. The van der Waals surface area contributed by atoms with Crippen LogP contribution in [0.2, 0.25) is 0 Å². The fourth-order valence-electron chi connectivity index (χ4n) is 2.81. The number of ether oxygens (including phenoxy) is 1. The highest BCUT2D eigenvalue weighted by atomic mass is 32.2. The highest BCUT2D eigenvalue weighted by Gasteiger charge is 2.23. The number of carbonyl (C=O) groups is 1. The standard InChI is InChI=1S/C15H22N2O4S/c1-2-21-15(18)9-5-11-17-10-4-6-12-13(17)7-3-8-14(12)22(16,19)20/h3,7-8H,2,4-6,9-11H2,1H3,(H2,16,19,20). The van der Waals surface area contributed by atoms with Crippen LogP contribution >= 0.6 is 0 Å². The molecule has 1 aliphatic rings. The summed E-state index contributed by atoms with van der Waals surface area (Å²) in [6.07, 6.45) is 2.63. The summed E-state index contributed by atoms with van der Waals surface area (Å²) in [5.74, 6) is -0.196. The van der Waals surface area contributed by atoms with Crippen LogP contribution in [0.3, 0.4) is 0 Å². The average molecular weight is 326 g/mol. The maximum absolute atomic E-state index is 11.7. The Morgan fingerprint density at radius 2 is 2.18 bits per heavy atom. The Labute approximate surface area is 131 Å². The van der Waals surface area contributed by atoms with E-state index in [4.69, 9.17) is 9.88 Å². The zero-order valence-electron chi connectivity index (χ0n) is 12.7. The summed E-state index contributed by atoms with van der Waals surface area (Å²) in [6, 6.07) is 5.17. The summed E-state index contributed by atoms with van der Waals surface area (Å²) in [4.78, 5) is 13.7. The number of hydrogen-bond acceptors (Lipinski definition) is 5. The molecule has 0 aromatic heterocycles. The number of primary sulfonamides is 1. The van der Waals surface area contributed by atoms with E-state index in [1.165, 1.54) is 0 Å². The van der Waals surface area contributed by atoms with E-state index in [0.717, 1.165) is 24.2 Å². The molecule has 7 heteroatoms. The first kappa shape index (κ1) is 16.8. The second-order valence-electron chi connectivity index (χ2n) is 5.30. The van der Waals surface area contributed by atoms with E-state index in [1.807, 2.05) is 6.07 Å². The van der Waals surface area contributed by atoms with Crippen LogP contribution in [0.25, 0.3) is 0 Å². The van der Waals surface area contributed by atoms with Gasteiger partial charge in [-0.25, -0.2) is 13.6 Å². The Morgan fingerprint density at radius 1 is 1.41 bits per heavy atom. The lowest BCUT2D eigenvalue weighted by Gasteiger charge is -2.32. The summed E-state index contributed by atoms with van der Waals surface area (Å²) in [5, 5.41) is 5.29. The fraction of sp³-hybridized carbons (Fsp3) is 0.533. The normalized spacial score (nSPS) is 14.5. The average Bonchev–Trinajstić information content (AvgIpc) is 2.46. The van der Waals surface area contributed by atoms with Crippen molar-refractivity contribution in [3.05, 3.63) is 23.8 Å². The van der Waals surface area contributed by atoms with Crippen LogP contribution < -0.4 is 10.0 Å². The molecule has 0 atom stereocenters. The lowest BCUT2D eigenvalue weighted by molar-refractivity contribution is -0.143. The fourth-order valence-corrected chi connectivity index (χ4v) is 3.63. The maximum atomic E-state index is 11.7. The Hall–Kier alpha value is -1.60. The van der Waals surface area contributed by atoms with E-state index in [2.05, 4.69) is 4.90 Å². The number of carbonyl (C=O) groups excluding carboxylic acids is 1. The minimum Gasteiger partial charge on any atom is -0.466 e. The predicted octanol–water partition coefficient (Wildman–Crippen LogP) is 1.43. The van der Waals surface area contributed by atoms with Crippen LogP contribution in [0.4, 0.5) is 5.69 Å². The molecule has 22 heavy (non-hydrogen) atoms. The molecule has 1 heterocycles. The van der Waals surface area contributed by atoms with Crippen LogP contribution in [0, 0.1) is 0 Å². The molecule has 0 spiro atoms. The maximum Gasteiger partial charge on any atom is 0.305 e. The van der Waals surface area contributed by atoms with Crippen LogP contribution in [0.5, 0.6) is 0 Å². The van der Waals surface area contributed by atoms with Gasteiger partial charge in [0.15, 0.2) is 0 Å². The molecule has 122 valence electrons. The van der Waals surface area contributed by atoms with Crippen LogP contribution in [0.15, 0.2) is 23.1 Å². The largest absolute Gasteiger partial charge is 0.466 e. The van der Waals surface area contributed by atoms with Crippen LogP contribution in [0.1, 0.15) is 31.7 Å². The number of sulfonamides is 1. The highest BCUT2D eigenvalue weighted by Crippen LogP contribution is 2.31. The predicted molar refractivity (Wildman–Crippen MR) is 84.2 cm³/mol. The molecule has 0 saturated carbocycles. The zero-order chi connectivity index (χ0) is 16.2. The molecular weight excluding hydrogens is 304 g/mol. The number of hydrogen-bond donors (Lipinski definition) is 1. The van der Waals surface area contributed by atoms with E-state index >= 15 is 0 Å². The van der Waals surface area contributed by atoms with E-state index in [9.17, 15) is 13.2 Å². The Morgan fingerprint density at radius 3 is 2.86 bits per heavy atom. The molecule has 1 aliphatic heterocycles. The summed E-state index contributed by atoms with van der Waals surface area (Å²) < 4.78 is 28.3. The summed E-state index contributed by atoms with van der Waals surface area (Å²) in [7, 11) is -3.71. The van der Waals surface area contributed by atoms with Crippen molar-refractivity contribution in [1.82, 2.24) is 0 Å². The molecule has 2 N–H and O–H groups in total. The number of rotatable bonds is 6. The van der Waals surface area contributed by atoms with Gasteiger partial charge in [-0.2, -0.15) is 0 Å². The van der Waals surface area contributed by atoms with Gasteiger partial charge in [0.1, 0.15) is 0 Å². The molecule has 0 bridgehead atoms. The number of fused-ring (bicyclic) bond motifs is 1. The van der Waals surface area contributed by atoms with Crippen molar-refractivity contribution >= 4 is 21.7 Å². The van der Waals surface area contributed by atoms with E-state index < -0.39 is 10.0 Å². The topological polar surface area (TPSA) is 89.7 Å². The van der Waals surface area contributed by atoms with Gasteiger partial charge in [0, 0.05) is 25.2 Å². The monoisotopic (exact) mass is 326 g/mol. The second-order valence-corrected chi connectivity index (χ2v) is 6.83. The third-order valence-corrected chi connectivity index (χ3v) is 4.72. The smallest absolute Gasteiger partial charge is 0.305 e. The van der Waals surface area contributed by atoms with Crippen molar-refractivity contribution in [3.8, 4) is 0 Å². The second kappa shape index (κ2) is 7.11. The molecule has 1 aromatic carbocycles. The number of nitrogens with two attached hydrogens (primary N) is 1. The molecule has 6 nitrogen and oxygen atoms in total. The van der Waals surface area contributed by atoms with Crippen molar-refractivity contribution in [2.75, 3.05) is 24.6 Å². The third-order valence-electron chi connectivity index (χ3n) is 3.72. The molecule has 1 aromatic rings. The van der Waals surface area contributed by atoms with Gasteiger partial charge in [0.25, 0.3) is 0 Å². The molecule has 2 rings (SSSR count). The van der Waals surface area contributed by atoms with Crippen LogP contribution in [-0.2, 0) is 26.0 Å². The van der Waals surface area contributed by atoms with Crippen molar-refractivity contribution in [2.45, 2.75) is 37.5 Å². The number of esters is 1. The van der Waals surface area contributed by atoms with Gasteiger partial charge in [-0.15, -0.1) is 0 Å². The quantitative estimate of drug-likeness (QED) is 0.799. The summed E-state index contributed by atoms with van der Waals surface area (Å²) in [5.41, 5.74) is 1.69. The lowest BCUT2D eigenvalue weighted by Crippen LogP contribution is -2.32. The Kier molecular flexibility index (Phi) is 5.42. The van der Waals surface area contributed by atoms with E-state index in [1.54, 1.807) is 19.1 Å². The first-order valence-corrected chi connectivity index (χ1v) is 9.03. The number of benzene rings is 1. The molecule has 0 radical (unpaired) electrons.